The molecule has 2 fully saturated rings. The van der Waals surface area contributed by atoms with Crippen LogP contribution in [-0.2, 0) is 11.3 Å². The van der Waals surface area contributed by atoms with Gasteiger partial charge < -0.3 is 10.5 Å². The molecule has 2 aliphatic rings. The number of aryl methyl sites for hydroxylation is 1. The third kappa shape index (κ3) is 2.68. The van der Waals surface area contributed by atoms with Crippen LogP contribution in [0.25, 0.3) is 0 Å². The number of aromatic nitrogens is 2. The number of likely N-dealkylation sites (tertiary alicyclic amines) is 1. The number of nitrogens with two attached hydrogens (primary N) is 1. The Bertz CT molecular complexity index is 407. The Labute approximate surface area is 114 Å². The van der Waals surface area contributed by atoms with E-state index >= 15 is 0 Å². The van der Waals surface area contributed by atoms with E-state index in [1.54, 1.807) is 0 Å². The van der Waals surface area contributed by atoms with Gasteiger partial charge in [-0.15, -0.1) is 0 Å². The summed E-state index contributed by atoms with van der Waals surface area (Å²) < 4.78 is 7.92. The van der Waals surface area contributed by atoms with Crippen molar-refractivity contribution in [3.63, 3.8) is 0 Å². The van der Waals surface area contributed by atoms with Gasteiger partial charge in [-0.3, -0.25) is 9.58 Å². The molecule has 3 unspecified atom stereocenters. The smallest absolute Gasteiger partial charge is 0.0707 e. The zero-order valence-corrected chi connectivity index (χ0v) is 11.7. The van der Waals surface area contributed by atoms with E-state index in [0.717, 1.165) is 26.1 Å². The van der Waals surface area contributed by atoms with Crippen LogP contribution < -0.4 is 5.73 Å². The second-order valence-electron chi connectivity index (χ2n) is 5.70. The number of nitrogens with zero attached hydrogens (tertiary/aromatic N) is 3. The highest BCUT2D eigenvalue weighted by atomic mass is 16.5. The van der Waals surface area contributed by atoms with Crippen LogP contribution in [0, 0.1) is 0 Å². The molecular weight excluding hydrogens is 240 g/mol. The average molecular weight is 264 g/mol. The van der Waals surface area contributed by atoms with Gasteiger partial charge in [0.05, 0.1) is 24.4 Å². The number of rotatable bonds is 5. The summed E-state index contributed by atoms with van der Waals surface area (Å²) in [5, 5.41) is 4.43. The number of hydrogen-bond acceptors (Lipinski definition) is 4. The van der Waals surface area contributed by atoms with Crippen molar-refractivity contribution < 1.29 is 4.74 Å². The van der Waals surface area contributed by atoms with Crippen LogP contribution in [0.2, 0.25) is 0 Å². The topological polar surface area (TPSA) is 56.3 Å². The van der Waals surface area contributed by atoms with E-state index in [9.17, 15) is 0 Å². The monoisotopic (exact) mass is 264 g/mol. The Kier molecular flexibility index (Phi) is 3.86. The second kappa shape index (κ2) is 5.61. The molecule has 2 aliphatic heterocycles. The van der Waals surface area contributed by atoms with Crippen molar-refractivity contribution in [2.45, 2.75) is 51.0 Å². The lowest BCUT2D eigenvalue weighted by Crippen LogP contribution is -2.46. The third-order valence-electron chi connectivity index (χ3n) is 4.23. The van der Waals surface area contributed by atoms with E-state index in [1.807, 2.05) is 10.9 Å². The van der Waals surface area contributed by atoms with E-state index in [4.69, 9.17) is 10.5 Å². The van der Waals surface area contributed by atoms with E-state index in [1.165, 1.54) is 18.4 Å². The lowest BCUT2D eigenvalue weighted by Gasteiger charge is -2.37. The molecule has 0 aliphatic carbocycles. The van der Waals surface area contributed by atoms with E-state index in [2.05, 4.69) is 23.1 Å². The molecule has 0 radical (unpaired) electrons. The van der Waals surface area contributed by atoms with Crippen molar-refractivity contribution in [1.82, 2.24) is 14.7 Å². The lowest BCUT2D eigenvalue weighted by atomic mass is 10.1. The lowest BCUT2D eigenvalue weighted by molar-refractivity contribution is -0.0521. The first-order chi connectivity index (χ1) is 9.30. The van der Waals surface area contributed by atoms with E-state index in [-0.39, 0.29) is 6.04 Å². The van der Waals surface area contributed by atoms with Crippen LogP contribution in [0.4, 0.5) is 0 Å². The van der Waals surface area contributed by atoms with Gasteiger partial charge in [-0.1, -0.05) is 6.92 Å². The Hall–Kier alpha value is -0.910. The summed E-state index contributed by atoms with van der Waals surface area (Å²) in [6.45, 7) is 5.82. The SMILES string of the molecule is CCCn1cc(C(CN)N2CC3CCC(C2)O3)cn1. The van der Waals surface area contributed by atoms with Crippen molar-refractivity contribution in [2.24, 2.45) is 5.73 Å². The van der Waals surface area contributed by atoms with Gasteiger partial charge in [0.25, 0.3) is 0 Å². The van der Waals surface area contributed by atoms with Crippen LogP contribution in [0.5, 0.6) is 0 Å². The molecule has 1 aromatic heterocycles. The predicted molar refractivity (Wildman–Crippen MR) is 73.8 cm³/mol. The van der Waals surface area contributed by atoms with Crippen molar-refractivity contribution in [3.8, 4) is 0 Å². The first-order valence-corrected chi connectivity index (χ1v) is 7.42. The molecule has 2 N–H and O–H groups in total. The molecule has 0 saturated carbocycles. The highest BCUT2D eigenvalue weighted by Gasteiger charge is 2.36. The summed E-state index contributed by atoms with van der Waals surface area (Å²) >= 11 is 0. The van der Waals surface area contributed by atoms with Gasteiger partial charge in [-0.2, -0.15) is 5.10 Å². The van der Waals surface area contributed by atoms with Crippen LogP contribution in [0.1, 0.15) is 37.8 Å². The summed E-state index contributed by atoms with van der Waals surface area (Å²) in [6.07, 6.45) is 8.47. The molecular formula is C14H24N4O. The van der Waals surface area contributed by atoms with Gasteiger partial charge in [0.2, 0.25) is 0 Å². The van der Waals surface area contributed by atoms with Gasteiger partial charge in [0, 0.05) is 37.9 Å². The molecule has 2 bridgehead atoms. The fraction of sp³-hybridized carbons (Fsp3) is 0.786. The maximum Gasteiger partial charge on any atom is 0.0707 e. The normalized spacial score (nSPS) is 28.7. The molecule has 0 spiro atoms. The summed E-state index contributed by atoms with van der Waals surface area (Å²) in [6, 6.07) is 0.289. The zero-order chi connectivity index (χ0) is 13.2. The third-order valence-corrected chi connectivity index (χ3v) is 4.23. The van der Waals surface area contributed by atoms with Crippen LogP contribution in [-0.4, -0.2) is 46.5 Å². The molecule has 3 heterocycles. The zero-order valence-electron chi connectivity index (χ0n) is 11.7. The number of fused-ring (bicyclic) bond motifs is 2. The van der Waals surface area contributed by atoms with Gasteiger partial charge in [-0.25, -0.2) is 0 Å². The van der Waals surface area contributed by atoms with Crippen molar-refractivity contribution >= 4 is 0 Å². The Balaban J connectivity index is 1.72. The molecule has 0 amide bonds. The predicted octanol–water partition coefficient (Wildman–Crippen LogP) is 1.16. The highest BCUT2D eigenvalue weighted by Crippen LogP contribution is 2.31. The summed E-state index contributed by atoms with van der Waals surface area (Å²) in [5.41, 5.74) is 7.26. The molecule has 0 aromatic carbocycles. The fourth-order valence-electron chi connectivity index (χ4n) is 3.30. The van der Waals surface area contributed by atoms with Crippen molar-refractivity contribution in [3.05, 3.63) is 18.0 Å². The molecule has 19 heavy (non-hydrogen) atoms. The van der Waals surface area contributed by atoms with Gasteiger partial charge in [0.15, 0.2) is 0 Å². The van der Waals surface area contributed by atoms with Crippen molar-refractivity contribution in [1.29, 1.82) is 0 Å². The first-order valence-electron chi connectivity index (χ1n) is 7.42. The quantitative estimate of drug-likeness (QED) is 0.867. The maximum atomic E-state index is 6.01. The molecule has 1 aromatic rings. The van der Waals surface area contributed by atoms with E-state index < -0.39 is 0 Å². The number of ether oxygens (including phenoxy) is 1. The van der Waals surface area contributed by atoms with Gasteiger partial charge >= 0.3 is 0 Å². The molecule has 5 nitrogen and oxygen atoms in total. The van der Waals surface area contributed by atoms with E-state index in [0.29, 0.717) is 18.8 Å². The summed E-state index contributed by atoms with van der Waals surface area (Å²) in [4.78, 5) is 2.49. The Morgan fingerprint density at radius 2 is 2.16 bits per heavy atom. The van der Waals surface area contributed by atoms with Crippen LogP contribution in [0.15, 0.2) is 12.4 Å². The highest BCUT2D eigenvalue weighted by molar-refractivity contribution is 5.12. The second-order valence-corrected chi connectivity index (χ2v) is 5.70. The molecule has 2 saturated heterocycles. The largest absolute Gasteiger partial charge is 0.372 e. The molecule has 106 valence electrons. The minimum absolute atomic E-state index is 0.289. The Morgan fingerprint density at radius 3 is 2.79 bits per heavy atom. The average Bonchev–Trinajstić information content (AvgIpc) is 2.99. The van der Waals surface area contributed by atoms with Crippen LogP contribution >= 0.6 is 0 Å². The number of morpholine rings is 1. The first kappa shape index (κ1) is 13.1. The maximum absolute atomic E-state index is 6.01. The fourth-order valence-corrected chi connectivity index (χ4v) is 3.30. The standard InChI is InChI=1S/C14H24N4O/c1-2-5-18-8-11(7-16-18)14(6-15)17-9-12-3-4-13(10-17)19-12/h7-8,12-14H,2-6,9-10,15H2,1H3. The molecule has 5 heteroatoms. The van der Waals surface area contributed by atoms with Crippen molar-refractivity contribution in [2.75, 3.05) is 19.6 Å². The number of hydrogen-bond donors (Lipinski definition) is 1. The summed E-state index contributed by atoms with van der Waals surface area (Å²) in [7, 11) is 0. The summed E-state index contributed by atoms with van der Waals surface area (Å²) in [5.74, 6) is 0. The van der Waals surface area contributed by atoms with Gasteiger partial charge in [-0.05, 0) is 19.3 Å². The van der Waals surface area contributed by atoms with Crippen LogP contribution in [0.3, 0.4) is 0 Å². The van der Waals surface area contributed by atoms with Gasteiger partial charge in [0.1, 0.15) is 0 Å². The minimum atomic E-state index is 0.289. The molecule has 3 rings (SSSR count). The minimum Gasteiger partial charge on any atom is -0.372 e. The molecule has 3 atom stereocenters. The Morgan fingerprint density at radius 1 is 1.42 bits per heavy atom.